The Morgan fingerprint density at radius 1 is 0.864 bits per heavy atom. The van der Waals surface area contributed by atoms with E-state index in [4.69, 9.17) is 14.6 Å². The van der Waals surface area contributed by atoms with Crippen LogP contribution >= 0.6 is 0 Å². The highest BCUT2D eigenvalue weighted by Gasteiger charge is 2.11. The molecule has 22 heavy (non-hydrogen) atoms. The van der Waals surface area contributed by atoms with Crippen molar-refractivity contribution in [2.75, 3.05) is 39.5 Å². The molecular formula is C16H31NO5. The van der Waals surface area contributed by atoms with Gasteiger partial charge in [-0.1, -0.05) is 13.8 Å². The number of hydrogen-bond acceptors (Lipinski definition) is 6. The molecular weight excluding hydrogens is 286 g/mol. The molecule has 6 heteroatoms. The SMILES string of the molecule is CCCOC(=O)CCN(CCCCO)CCC(=O)OCCC. The van der Waals surface area contributed by atoms with Crippen LogP contribution in [0.2, 0.25) is 0 Å². The van der Waals surface area contributed by atoms with E-state index in [9.17, 15) is 9.59 Å². The van der Waals surface area contributed by atoms with Crippen LogP contribution in [-0.2, 0) is 19.1 Å². The van der Waals surface area contributed by atoms with Crippen molar-refractivity contribution in [3.63, 3.8) is 0 Å². The fourth-order valence-corrected chi connectivity index (χ4v) is 1.86. The van der Waals surface area contributed by atoms with E-state index in [2.05, 4.69) is 4.90 Å². The molecule has 1 N–H and O–H groups in total. The molecule has 0 heterocycles. The van der Waals surface area contributed by atoms with Gasteiger partial charge in [-0.3, -0.25) is 9.59 Å². The molecule has 0 atom stereocenters. The minimum atomic E-state index is -0.206. The Labute approximate surface area is 133 Å². The highest BCUT2D eigenvalue weighted by molar-refractivity contribution is 5.70. The van der Waals surface area contributed by atoms with Crippen molar-refractivity contribution < 1.29 is 24.2 Å². The van der Waals surface area contributed by atoms with Gasteiger partial charge in [0.05, 0.1) is 26.1 Å². The zero-order chi connectivity index (χ0) is 16.6. The molecule has 0 aromatic rings. The third-order valence-corrected chi connectivity index (χ3v) is 3.08. The van der Waals surface area contributed by atoms with Crippen LogP contribution in [0.25, 0.3) is 0 Å². The summed E-state index contributed by atoms with van der Waals surface area (Å²) >= 11 is 0. The van der Waals surface area contributed by atoms with Crippen LogP contribution in [0, 0.1) is 0 Å². The van der Waals surface area contributed by atoms with E-state index in [0.717, 1.165) is 32.2 Å². The van der Waals surface area contributed by atoms with Gasteiger partial charge < -0.3 is 19.5 Å². The second-order valence-corrected chi connectivity index (χ2v) is 5.21. The fraction of sp³-hybridized carbons (Fsp3) is 0.875. The molecule has 0 rings (SSSR count). The summed E-state index contributed by atoms with van der Waals surface area (Å²) in [5.74, 6) is -0.412. The molecule has 0 aliphatic carbocycles. The molecule has 0 aromatic heterocycles. The first-order valence-electron chi connectivity index (χ1n) is 8.28. The molecule has 0 aliphatic rings. The molecule has 6 nitrogen and oxygen atoms in total. The maximum Gasteiger partial charge on any atom is 0.307 e. The molecule has 0 saturated heterocycles. The smallest absolute Gasteiger partial charge is 0.307 e. The first kappa shape index (κ1) is 20.9. The standard InChI is InChI=1S/C16H31NO5/c1-3-13-21-15(19)7-10-17(9-5-6-12-18)11-8-16(20)22-14-4-2/h18H,3-14H2,1-2H3. The first-order chi connectivity index (χ1) is 10.6. The lowest BCUT2D eigenvalue weighted by atomic mass is 10.2. The summed E-state index contributed by atoms with van der Waals surface area (Å²) in [7, 11) is 0. The van der Waals surface area contributed by atoms with Gasteiger partial charge in [-0.2, -0.15) is 0 Å². The number of esters is 2. The lowest BCUT2D eigenvalue weighted by Gasteiger charge is -2.21. The van der Waals surface area contributed by atoms with E-state index in [1.54, 1.807) is 0 Å². The molecule has 0 radical (unpaired) electrons. The van der Waals surface area contributed by atoms with E-state index in [1.165, 1.54) is 0 Å². The topological polar surface area (TPSA) is 76.1 Å². The molecule has 0 fully saturated rings. The largest absolute Gasteiger partial charge is 0.466 e. The Kier molecular flexibility index (Phi) is 14.0. The van der Waals surface area contributed by atoms with Crippen molar-refractivity contribution in [2.24, 2.45) is 0 Å². The van der Waals surface area contributed by atoms with E-state index in [-0.39, 0.29) is 18.5 Å². The van der Waals surface area contributed by atoms with Gasteiger partial charge in [0, 0.05) is 19.7 Å². The summed E-state index contributed by atoms with van der Waals surface area (Å²) in [6.07, 6.45) is 3.83. The summed E-state index contributed by atoms with van der Waals surface area (Å²) in [5.41, 5.74) is 0. The summed E-state index contributed by atoms with van der Waals surface area (Å²) < 4.78 is 10.1. The Balaban J connectivity index is 4.07. The average molecular weight is 317 g/mol. The summed E-state index contributed by atoms with van der Waals surface area (Å²) in [4.78, 5) is 25.1. The number of carbonyl (C=O) groups excluding carboxylic acids is 2. The van der Waals surface area contributed by atoms with Gasteiger partial charge >= 0.3 is 11.9 Å². The van der Waals surface area contributed by atoms with E-state index < -0.39 is 0 Å². The molecule has 0 unspecified atom stereocenters. The van der Waals surface area contributed by atoms with Crippen LogP contribution in [0.1, 0.15) is 52.4 Å². The minimum absolute atomic E-state index is 0.158. The molecule has 0 aromatic carbocycles. The molecule has 0 saturated carbocycles. The van der Waals surface area contributed by atoms with E-state index in [0.29, 0.717) is 39.1 Å². The van der Waals surface area contributed by atoms with Crippen LogP contribution in [-0.4, -0.2) is 61.4 Å². The van der Waals surface area contributed by atoms with Crippen LogP contribution < -0.4 is 0 Å². The summed E-state index contributed by atoms with van der Waals surface area (Å²) in [5, 5.41) is 8.84. The van der Waals surface area contributed by atoms with Gasteiger partial charge in [0.15, 0.2) is 0 Å². The van der Waals surface area contributed by atoms with Crippen LogP contribution in [0.5, 0.6) is 0 Å². The molecule has 0 amide bonds. The van der Waals surface area contributed by atoms with Crippen molar-refractivity contribution in [2.45, 2.75) is 52.4 Å². The monoisotopic (exact) mass is 317 g/mol. The van der Waals surface area contributed by atoms with Crippen molar-refractivity contribution in [1.29, 1.82) is 0 Å². The van der Waals surface area contributed by atoms with Gasteiger partial charge in [0.25, 0.3) is 0 Å². The van der Waals surface area contributed by atoms with Crippen molar-refractivity contribution in [1.82, 2.24) is 4.90 Å². The van der Waals surface area contributed by atoms with Crippen molar-refractivity contribution in [3.05, 3.63) is 0 Å². The number of hydrogen-bond donors (Lipinski definition) is 1. The van der Waals surface area contributed by atoms with Gasteiger partial charge in [-0.15, -0.1) is 0 Å². The normalized spacial score (nSPS) is 10.7. The molecule has 130 valence electrons. The van der Waals surface area contributed by atoms with Crippen LogP contribution in [0.15, 0.2) is 0 Å². The lowest BCUT2D eigenvalue weighted by Crippen LogP contribution is -2.30. The number of nitrogens with zero attached hydrogens (tertiary/aromatic N) is 1. The van der Waals surface area contributed by atoms with Crippen LogP contribution in [0.3, 0.4) is 0 Å². The number of carbonyl (C=O) groups is 2. The maximum atomic E-state index is 11.5. The summed E-state index contributed by atoms with van der Waals surface area (Å²) in [6, 6.07) is 0. The second kappa shape index (κ2) is 14.8. The van der Waals surface area contributed by atoms with Crippen molar-refractivity contribution in [3.8, 4) is 0 Å². The first-order valence-corrected chi connectivity index (χ1v) is 8.28. The number of aliphatic hydroxyl groups excluding tert-OH is 1. The Hall–Kier alpha value is -1.14. The predicted molar refractivity (Wildman–Crippen MR) is 84.5 cm³/mol. The minimum Gasteiger partial charge on any atom is -0.466 e. The summed E-state index contributed by atoms with van der Waals surface area (Å²) in [6.45, 7) is 6.85. The quantitative estimate of drug-likeness (QED) is 0.388. The lowest BCUT2D eigenvalue weighted by molar-refractivity contribution is -0.144. The number of aliphatic hydroxyl groups is 1. The molecule has 0 bridgehead atoms. The van der Waals surface area contributed by atoms with Crippen molar-refractivity contribution >= 4 is 11.9 Å². The second-order valence-electron chi connectivity index (χ2n) is 5.21. The van der Waals surface area contributed by atoms with Gasteiger partial charge in [-0.25, -0.2) is 0 Å². The van der Waals surface area contributed by atoms with Crippen LogP contribution in [0.4, 0.5) is 0 Å². The average Bonchev–Trinajstić information content (AvgIpc) is 2.52. The third-order valence-electron chi connectivity index (χ3n) is 3.08. The predicted octanol–water partition coefficient (Wildman–Crippen LogP) is 1.75. The highest BCUT2D eigenvalue weighted by Crippen LogP contribution is 2.02. The zero-order valence-corrected chi connectivity index (χ0v) is 14.0. The fourth-order valence-electron chi connectivity index (χ4n) is 1.86. The number of ether oxygens (including phenoxy) is 2. The van der Waals surface area contributed by atoms with Gasteiger partial charge in [-0.05, 0) is 32.2 Å². The van der Waals surface area contributed by atoms with Gasteiger partial charge in [0.2, 0.25) is 0 Å². The molecule has 0 aliphatic heterocycles. The van der Waals surface area contributed by atoms with Gasteiger partial charge in [0.1, 0.15) is 0 Å². The van der Waals surface area contributed by atoms with E-state index in [1.807, 2.05) is 13.8 Å². The van der Waals surface area contributed by atoms with E-state index >= 15 is 0 Å². The molecule has 0 spiro atoms. The Morgan fingerprint density at radius 3 is 1.77 bits per heavy atom. The number of unbranched alkanes of at least 4 members (excludes halogenated alkanes) is 1. The number of rotatable bonds is 14. The highest BCUT2D eigenvalue weighted by atomic mass is 16.5. The zero-order valence-electron chi connectivity index (χ0n) is 14.0. The maximum absolute atomic E-state index is 11.5. The Bertz CT molecular complexity index is 272. The third kappa shape index (κ3) is 12.6. The Morgan fingerprint density at radius 2 is 1.36 bits per heavy atom.